The predicted octanol–water partition coefficient (Wildman–Crippen LogP) is 2.77. The van der Waals surface area contributed by atoms with Gasteiger partial charge in [-0.2, -0.15) is 5.26 Å². The lowest BCUT2D eigenvalue weighted by atomic mass is 10.1. The first kappa shape index (κ1) is 8.42. The first-order valence-electron chi connectivity index (χ1n) is 3.56. The van der Waals surface area contributed by atoms with Crippen LogP contribution in [-0.2, 0) is 0 Å². The summed E-state index contributed by atoms with van der Waals surface area (Å²) in [4.78, 5) is 0.523. The topological polar surface area (TPSA) is 44.0 Å². The predicted molar refractivity (Wildman–Crippen MR) is 55.5 cm³/mol. The van der Waals surface area contributed by atoms with Crippen LogP contribution in [0.1, 0.15) is 5.56 Å². The van der Waals surface area contributed by atoms with Gasteiger partial charge >= 0.3 is 0 Å². The number of nitrogens with zero attached hydrogens (tertiary/aromatic N) is 1. The lowest BCUT2D eigenvalue weighted by Crippen LogP contribution is -1.79. The van der Waals surface area contributed by atoms with Gasteiger partial charge in [0, 0.05) is 15.0 Å². The Morgan fingerprint density at radius 2 is 2.31 bits per heavy atom. The number of thiophene rings is 1. The Morgan fingerprint density at radius 3 is 3.00 bits per heavy atom. The Morgan fingerprint density at radius 1 is 1.54 bits per heavy atom. The molecule has 0 aliphatic heterocycles. The zero-order valence-electron chi connectivity index (χ0n) is 6.48. The van der Waals surface area contributed by atoms with Gasteiger partial charge in [0.05, 0.1) is 0 Å². The average molecular weight is 207 g/mol. The molecule has 1 aromatic heterocycles. The van der Waals surface area contributed by atoms with Crippen LogP contribution >= 0.6 is 24.0 Å². The van der Waals surface area contributed by atoms with Gasteiger partial charge in [-0.25, -0.2) is 0 Å². The maximum Gasteiger partial charge on any atom is 0.143 e. The van der Waals surface area contributed by atoms with Crippen molar-refractivity contribution < 1.29 is 5.11 Å². The van der Waals surface area contributed by atoms with E-state index < -0.39 is 0 Å². The van der Waals surface area contributed by atoms with Crippen molar-refractivity contribution in [2.75, 3.05) is 0 Å². The molecular weight excluding hydrogens is 202 g/mol. The van der Waals surface area contributed by atoms with E-state index in [4.69, 9.17) is 5.26 Å². The molecule has 2 rings (SSSR count). The maximum absolute atomic E-state index is 9.65. The average Bonchev–Trinajstić information content (AvgIpc) is 2.53. The molecule has 1 N–H and O–H groups in total. The lowest BCUT2D eigenvalue weighted by molar-refractivity contribution is 0.478. The molecule has 0 amide bonds. The molecule has 1 heterocycles. The van der Waals surface area contributed by atoms with Crippen molar-refractivity contribution in [3.05, 3.63) is 23.1 Å². The van der Waals surface area contributed by atoms with Gasteiger partial charge < -0.3 is 5.11 Å². The quantitative estimate of drug-likeness (QED) is 0.652. The number of fused-ring (bicyclic) bond motifs is 1. The number of thiol groups is 1. The number of phenolic OH excluding ortho intramolecular Hbond substituents is 1. The number of nitriles is 1. The number of rotatable bonds is 0. The lowest BCUT2D eigenvalue weighted by Gasteiger charge is -2.00. The van der Waals surface area contributed by atoms with Gasteiger partial charge in [-0.15, -0.1) is 24.0 Å². The molecule has 0 aliphatic rings. The molecule has 0 radical (unpaired) electrons. The minimum atomic E-state index is 0.0336. The van der Waals surface area contributed by atoms with Crippen LogP contribution in [0.2, 0.25) is 0 Å². The molecule has 0 saturated carbocycles. The van der Waals surface area contributed by atoms with E-state index in [0.29, 0.717) is 4.90 Å². The highest BCUT2D eigenvalue weighted by molar-refractivity contribution is 7.80. The fraction of sp³-hybridized carbons (Fsp3) is 0. The molecule has 0 saturated heterocycles. The molecule has 0 atom stereocenters. The van der Waals surface area contributed by atoms with Crippen LogP contribution in [-0.4, -0.2) is 5.11 Å². The summed E-state index contributed by atoms with van der Waals surface area (Å²) in [7, 11) is 0. The Bertz CT molecular complexity index is 510. The van der Waals surface area contributed by atoms with E-state index in [9.17, 15) is 5.11 Å². The zero-order valence-corrected chi connectivity index (χ0v) is 8.19. The van der Waals surface area contributed by atoms with Crippen molar-refractivity contribution in [2.24, 2.45) is 0 Å². The molecule has 2 nitrogen and oxygen atoms in total. The molecule has 0 bridgehead atoms. The molecule has 64 valence electrons. The number of hydrogen-bond donors (Lipinski definition) is 2. The highest BCUT2D eigenvalue weighted by Crippen LogP contribution is 2.35. The van der Waals surface area contributed by atoms with E-state index in [-0.39, 0.29) is 11.3 Å². The fourth-order valence-electron chi connectivity index (χ4n) is 1.19. The summed E-state index contributed by atoms with van der Waals surface area (Å²) in [6, 6.07) is 5.51. The fourth-order valence-corrected chi connectivity index (χ4v) is 2.39. The molecule has 0 spiro atoms. The van der Waals surface area contributed by atoms with Crippen molar-refractivity contribution in [3.8, 4) is 11.8 Å². The van der Waals surface area contributed by atoms with Crippen molar-refractivity contribution in [1.29, 1.82) is 5.26 Å². The Balaban J connectivity index is 2.95. The Hall–Kier alpha value is -1.18. The standard InChI is InChI=1S/C9H5NOS2/c10-4-6-7(12)3-8-5(9(6)11)1-2-13-8/h1-3,11-12H. The van der Waals surface area contributed by atoms with Crippen LogP contribution < -0.4 is 0 Å². The van der Waals surface area contributed by atoms with Gasteiger partial charge in [0.25, 0.3) is 0 Å². The second kappa shape index (κ2) is 2.95. The molecule has 13 heavy (non-hydrogen) atoms. The van der Waals surface area contributed by atoms with Crippen molar-refractivity contribution in [1.82, 2.24) is 0 Å². The molecular formula is C9H5NOS2. The Labute approximate surface area is 84.5 Å². The molecule has 0 fully saturated rings. The summed E-state index contributed by atoms with van der Waals surface area (Å²) in [5.74, 6) is 0.0336. The van der Waals surface area contributed by atoms with E-state index in [2.05, 4.69) is 12.6 Å². The highest BCUT2D eigenvalue weighted by atomic mass is 32.1. The molecule has 1 aromatic carbocycles. The van der Waals surface area contributed by atoms with E-state index in [1.807, 2.05) is 11.4 Å². The van der Waals surface area contributed by atoms with E-state index in [0.717, 1.165) is 10.1 Å². The van der Waals surface area contributed by atoms with Gasteiger partial charge in [-0.05, 0) is 17.5 Å². The monoisotopic (exact) mass is 207 g/mol. The zero-order chi connectivity index (χ0) is 9.42. The molecule has 4 heteroatoms. The minimum absolute atomic E-state index is 0.0336. The number of benzene rings is 1. The van der Waals surface area contributed by atoms with E-state index in [1.54, 1.807) is 12.1 Å². The first-order valence-corrected chi connectivity index (χ1v) is 4.89. The van der Waals surface area contributed by atoms with Crippen LogP contribution in [0.15, 0.2) is 22.4 Å². The van der Waals surface area contributed by atoms with Gasteiger partial charge in [0.15, 0.2) is 0 Å². The number of hydrogen-bond acceptors (Lipinski definition) is 4. The van der Waals surface area contributed by atoms with E-state index in [1.165, 1.54) is 11.3 Å². The highest BCUT2D eigenvalue weighted by Gasteiger charge is 2.10. The SMILES string of the molecule is N#Cc1c(S)cc2sccc2c1O. The van der Waals surface area contributed by atoms with Gasteiger partial charge in [0.1, 0.15) is 17.4 Å². The van der Waals surface area contributed by atoms with Gasteiger partial charge in [-0.3, -0.25) is 0 Å². The smallest absolute Gasteiger partial charge is 0.143 e. The summed E-state index contributed by atoms with van der Waals surface area (Å²) in [6.45, 7) is 0. The van der Waals surface area contributed by atoms with Crippen LogP contribution in [0, 0.1) is 11.3 Å². The second-order valence-corrected chi connectivity index (χ2v) is 3.99. The maximum atomic E-state index is 9.65. The number of phenols is 1. The largest absolute Gasteiger partial charge is 0.506 e. The van der Waals surface area contributed by atoms with Crippen molar-refractivity contribution >= 4 is 34.1 Å². The summed E-state index contributed by atoms with van der Waals surface area (Å²) in [5, 5.41) is 21.0. The van der Waals surface area contributed by atoms with Crippen LogP contribution in [0.3, 0.4) is 0 Å². The van der Waals surface area contributed by atoms with Crippen LogP contribution in [0.25, 0.3) is 10.1 Å². The first-order chi connectivity index (χ1) is 6.24. The third-order valence-corrected chi connectivity index (χ3v) is 3.04. The minimum Gasteiger partial charge on any atom is -0.506 e. The number of aromatic hydroxyl groups is 1. The van der Waals surface area contributed by atoms with Gasteiger partial charge in [-0.1, -0.05) is 0 Å². The summed E-state index contributed by atoms with van der Waals surface area (Å²) < 4.78 is 0.946. The Kier molecular flexibility index (Phi) is 1.91. The second-order valence-electron chi connectivity index (χ2n) is 2.56. The van der Waals surface area contributed by atoms with Crippen LogP contribution in [0.4, 0.5) is 0 Å². The third kappa shape index (κ3) is 1.17. The summed E-state index contributed by atoms with van der Waals surface area (Å²) in [6.07, 6.45) is 0. The molecule has 0 unspecified atom stereocenters. The van der Waals surface area contributed by atoms with Crippen molar-refractivity contribution in [3.63, 3.8) is 0 Å². The molecule has 0 aliphatic carbocycles. The van der Waals surface area contributed by atoms with Crippen LogP contribution in [0.5, 0.6) is 5.75 Å². The third-order valence-electron chi connectivity index (χ3n) is 1.82. The van der Waals surface area contributed by atoms with Gasteiger partial charge in [0.2, 0.25) is 0 Å². The summed E-state index contributed by atoms with van der Waals surface area (Å²) >= 11 is 5.64. The normalized spacial score (nSPS) is 10.2. The molecule has 2 aromatic rings. The van der Waals surface area contributed by atoms with E-state index >= 15 is 0 Å². The summed E-state index contributed by atoms with van der Waals surface area (Å²) in [5.41, 5.74) is 0.245. The van der Waals surface area contributed by atoms with Crippen molar-refractivity contribution in [2.45, 2.75) is 4.90 Å².